The van der Waals surface area contributed by atoms with Crippen molar-refractivity contribution in [3.63, 3.8) is 0 Å². The van der Waals surface area contributed by atoms with Gasteiger partial charge in [-0.2, -0.15) is 13.2 Å². The maximum Gasteiger partial charge on any atom is 0.401 e. The van der Waals surface area contributed by atoms with Gasteiger partial charge in [0.05, 0.1) is 12.2 Å². The van der Waals surface area contributed by atoms with E-state index in [1.165, 1.54) is 23.1 Å². The van der Waals surface area contributed by atoms with E-state index in [9.17, 15) is 17.6 Å². The molecule has 6 heteroatoms. The minimum atomic E-state index is -4.27. The van der Waals surface area contributed by atoms with Gasteiger partial charge in [0.15, 0.2) is 0 Å². The van der Waals surface area contributed by atoms with Crippen LogP contribution in [0.15, 0.2) is 18.2 Å². The van der Waals surface area contributed by atoms with E-state index in [0.717, 1.165) is 0 Å². The minimum absolute atomic E-state index is 0.00303. The number of nitrogens with zero attached hydrogens (tertiary/aromatic N) is 1. The molecule has 0 fully saturated rings. The summed E-state index contributed by atoms with van der Waals surface area (Å²) in [6, 6.07) is 4.17. The van der Waals surface area contributed by atoms with Gasteiger partial charge in [-0.1, -0.05) is 19.1 Å². The van der Waals surface area contributed by atoms with Crippen molar-refractivity contribution in [2.24, 2.45) is 0 Å². The fourth-order valence-electron chi connectivity index (χ4n) is 1.74. The molecule has 0 saturated carbocycles. The Morgan fingerprint density at radius 2 is 1.94 bits per heavy atom. The number of alkyl halides is 3. The molecule has 0 unspecified atom stereocenters. The molecule has 0 aliphatic heterocycles. The van der Waals surface area contributed by atoms with Crippen LogP contribution in [0.2, 0.25) is 0 Å². The Kier molecular flexibility index (Phi) is 4.95. The Morgan fingerprint density at radius 1 is 1.28 bits per heavy atom. The molecule has 0 aliphatic rings. The van der Waals surface area contributed by atoms with E-state index in [2.05, 4.69) is 0 Å². The standard InChI is InChI=1S/C12H16F4N2/c1-2-6-18(8-12(14,15)16)7-9-4-3-5-10(13)11(9)17/h3-5H,2,6-8,17H2,1H3. The number of halogens is 4. The lowest BCUT2D eigenvalue weighted by atomic mass is 10.1. The smallest absolute Gasteiger partial charge is 0.396 e. The summed E-state index contributed by atoms with van der Waals surface area (Å²) in [6.45, 7) is 1.06. The van der Waals surface area contributed by atoms with Crippen molar-refractivity contribution in [2.75, 3.05) is 18.8 Å². The van der Waals surface area contributed by atoms with Crippen LogP contribution in [0.4, 0.5) is 23.2 Å². The molecule has 0 aromatic heterocycles. The summed E-state index contributed by atoms with van der Waals surface area (Å²) in [6.07, 6.45) is -3.68. The van der Waals surface area contributed by atoms with Gasteiger partial charge in [-0.15, -0.1) is 0 Å². The molecule has 102 valence electrons. The van der Waals surface area contributed by atoms with E-state index >= 15 is 0 Å². The molecule has 0 spiro atoms. The highest BCUT2D eigenvalue weighted by molar-refractivity contribution is 5.47. The van der Waals surface area contributed by atoms with Crippen LogP contribution in [-0.2, 0) is 6.54 Å². The van der Waals surface area contributed by atoms with Crippen LogP contribution in [0, 0.1) is 5.82 Å². The first-order valence-electron chi connectivity index (χ1n) is 5.65. The molecule has 0 atom stereocenters. The molecular formula is C12H16F4N2. The first-order chi connectivity index (χ1) is 8.33. The van der Waals surface area contributed by atoms with Gasteiger partial charge < -0.3 is 5.73 Å². The largest absolute Gasteiger partial charge is 0.401 e. The molecule has 1 aromatic carbocycles. The molecule has 0 saturated heterocycles. The number of nitrogen functional groups attached to an aromatic ring is 1. The summed E-state index contributed by atoms with van der Waals surface area (Å²) in [5, 5.41) is 0. The summed E-state index contributed by atoms with van der Waals surface area (Å²) >= 11 is 0. The van der Waals surface area contributed by atoms with Gasteiger partial charge in [0, 0.05) is 6.54 Å². The van der Waals surface area contributed by atoms with E-state index in [1.54, 1.807) is 6.92 Å². The van der Waals surface area contributed by atoms with Crippen LogP contribution in [0.25, 0.3) is 0 Å². The lowest BCUT2D eigenvalue weighted by molar-refractivity contribution is -0.147. The Balaban J connectivity index is 2.80. The number of benzene rings is 1. The van der Waals surface area contributed by atoms with Crippen molar-refractivity contribution in [1.82, 2.24) is 4.90 Å². The predicted octanol–water partition coefficient (Wildman–Crippen LogP) is 3.18. The van der Waals surface area contributed by atoms with Gasteiger partial charge in [-0.05, 0) is 24.6 Å². The SMILES string of the molecule is CCCN(Cc1cccc(F)c1N)CC(F)(F)F. The average molecular weight is 264 g/mol. The van der Waals surface area contributed by atoms with Crippen molar-refractivity contribution >= 4 is 5.69 Å². The molecule has 0 radical (unpaired) electrons. The molecule has 1 aromatic rings. The summed E-state index contributed by atoms with van der Waals surface area (Å²) in [7, 11) is 0. The van der Waals surface area contributed by atoms with Gasteiger partial charge >= 0.3 is 6.18 Å². The number of hydrogen-bond acceptors (Lipinski definition) is 2. The number of hydrogen-bond donors (Lipinski definition) is 1. The third-order valence-corrected chi connectivity index (χ3v) is 2.48. The second-order valence-electron chi connectivity index (χ2n) is 4.14. The van der Waals surface area contributed by atoms with Crippen LogP contribution in [0.5, 0.6) is 0 Å². The van der Waals surface area contributed by atoms with Gasteiger partial charge in [-0.25, -0.2) is 4.39 Å². The monoisotopic (exact) mass is 264 g/mol. The molecular weight excluding hydrogens is 248 g/mol. The zero-order valence-electron chi connectivity index (χ0n) is 10.1. The fraction of sp³-hybridized carbons (Fsp3) is 0.500. The summed E-state index contributed by atoms with van der Waals surface area (Å²) in [5.74, 6) is -0.601. The predicted molar refractivity (Wildman–Crippen MR) is 62.4 cm³/mol. The quantitative estimate of drug-likeness (QED) is 0.653. The third-order valence-electron chi connectivity index (χ3n) is 2.48. The summed E-state index contributed by atoms with van der Waals surface area (Å²) in [4.78, 5) is 1.21. The highest BCUT2D eigenvalue weighted by Gasteiger charge is 2.30. The zero-order valence-corrected chi connectivity index (χ0v) is 10.1. The topological polar surface area (TPSA) is 29.3 Å². The highest BCUT2D eigenvalue weighted by atomic mass is 19.4. The average Bonchev–Trinajstić information content (AvgIpc) is 2.23. The molecule has 0 amide bonds. The summed E-state index contributed by atoms with van der Waals surface area (Å²) in [5.41, 5.74) is 5.81. The first kappa shape index (κ1) is 14.8. The molecule has 18 heavy (non-hydrogen) atoms. The van der Waals surface area contributed by atoms with E-state index < -0.39 is 18.5 Å². The van der Waals surface area contributed by atoms with Crippen LogP contribution in [0.1, 0.15) is 18.9 Å². The molecule has 0 aliphatic carbocycles. The molecule has 0 heterocycles. The first-order valence-corrected chi connectivity index (χ1v) is 5.65. The van der Waals surface area contributed by atoms with Crippen LogP contribution in [0.3, 0.4) is 0 Å². The van der Waals surface area contributed by atoms with Crippen molar-refractivity contribution in [1.29, 1.82) is 0 Å². The maximum atomic E-state index is 13.2. The number of para-hydroxylation sites is 1. The Labute approximate surface area is 103 Å². The molecule has 0 bridgehead atoms. The van der Waals surface area contributed by atoms with Gasteiger partial charge in [-0.3, -0.25) is 4.90 Å². The van der Waals surface area contributed by atoms with Crippen molar-refractivity contribution < 1.29 is 17.6 Å². The number of anilines is 1. The van der Waals surface area contributed by atoms with Crippen LogP contribution < -0.4 is 5.73 Å². The van der Waals surface area contributed by atoms with E-state index in [1.807, 2.05) is 0 Å². The molecule has 2 nitrogen and oxygen atoms in total. The van der Waals surface area contributed by atoms with Crippen LogP contribution in [-0.4, -0.2) is 24.2 Å². The number of rotatable bonds is 5. The number of nitrogens with two attached hydrogens (primary N) is 1. The Morgan fingerprint density at radius 3 is 2.50 bits per heavy atom. The van der Waals surface area contributed by atoms with Gasteiger partial charge in [0.2, 0.25) is 0 Å². The normalized spacial score (nSPS) is 12.1. The third kappa shape index (κ3) is 4.52. The van der Waals surface area contributed by atoms with Crippen molar-refractivity contribution in [2.45, 2.75) is 26.1 Å². The fourth-order valence-corrected chi connectivity index (χ4v) is 1.74. The summed E-state index contributed by atoms with van der Waals surface area (Å²) < 4.78 is 50.3. The zero-order chi connectivity index (χ0) is 13.8. The molecule has 1 rings (SSSR count). The lowest BCUT2D eigenvalue weighted by Crippen LogP contribution is -2.34. The van der Waals surface area contributed by atoms with Gasteiger partial charge in [0.25, 0.3) is 0 Å². The van der Waals surface area contributed by atoms with Crippen molar-refractivity contribution in [3.8, 4) is 0 Å². The minimum Gasteiger partial charge on any atom is -0.396 e. The lowest BCUT2D eigenvalue weighted by Gasteiger charge is -2.23. The van der Waals surface area contributed by atoms with E-state index in [0.29, 0.717) is 12.0 Å². The second-order valence-corrected chi connectivity index (χ2v) is 4.14. The van der Waals surface area contributed by atoms with Crippen molar-refractivity contribution in [3.05, 3.63) is 29.6 Å². The molecule has 2 N–H and O–H groups in total. The highest BCUT2D eigenvalue weighted by Crippen LogP contribution is 2.21. The van der Waals surface area contributed by atoms with E-state index in [-0.39, 0.29) is 18.8 Å². The van der Waals surface area contributed by atoms with Gasteiger partial charge in [0.1, 0.15) is 5.82 Å². The maximum absolute atomic E-state index is 13.2. The second kappa shape index (κ2) is 6.04. The van der Waals surface area contributed by atoms with E-state index in [4.69, 9.17) is 5.73 Å². The van der Waals surface area contributed by atoms with Crippen LogP contribution >= 0.6 is 0 Å². The Hall–Kier alpha value is -1.30. The Bertz CT molecular complexity index is 390.